The third kappa shape index (κ3) is 2.50. The van der Waals surface area contributed by atoms with Crippen LogP contribution in [0.2, 0.25) is 5.28 Å². The second-order valence-corrected chi connectivity index (χ2v) is 6.09. The Morgan fingerprint density at radius 3 is 3.16 bits per heavy atom. The quantitative estimate of drug-likeness (QED) is 0.818. The summed E-state index contributed by atoms with van der Waals surface area (Å²) in [5, 5.41) is 4.06. The number of hydrogen-bond acceptors (Lipinski definition) is 5. The summed E-state index contributed by atoms with van der Waals surface area (Å²) in [7, 11) is 0. The lowest BCUT2D eigenvalue weighted by atomic mass is 10.3. The predicted molar refractivity (Wildman–Crippen MR) is 77.0 cm³/mol. The van der Waals surface area contributed by atoms with Crippen LogP contribution in [0.1, 0.15) is 11.3 Å². The molecule has 0 aromatic carbocycles. The SMILES string of the molecule is Cc1cc2c(N3CCCNC(=O)C3)nc(Cl)nc2s1. The van der Waals surface area contributed by atoms with Crippen LogP contribution in [-0.2, 0) is 4.79 Å². The summed E-state index contributed by atoms with van der Waals surface area (Å²) in [6, 6.07) is 2.05. The number of thiophene rings is 1. The first kappa shape index (κ1) is 12.6. The van der Waals surface area contributed by atoms with Crippen LogP contribution < -0.4 is 10.2 Å². The summed E-state index contributed by atoms with van der Waals surface area (Å²) in [4.78, 5) is 24.2. The van der Waals surface area contributed by atoms with Gasteiger partial charge in [-0.3, -0.25) is 4.79 Å². The van der Waals surface area contributed by atoms with Crippen LogP contribution in [0.25, 0.3) is 10.2 Å². The molecule has 1 fully saturated rings. The van der Waals surface area contributed by atoms with Crippen molar-refractivity contribution in [1.29, 1.82) is 0 Å². The number of aryl methyl sites for hydroxylation is 1. The zero-order valence-electron chi connectivity index (χ0n) is 10.4. The first-order chi connectivity index (χ1) is 9.13. The number of carbonyl (C=O) groups is 1. The third-order valence-electron chi connectivity index (χ3n) is 3.03. The Kier molecular flexibility index (Phi) is 3.28. The minimum Gasteiger partial charge on any atom is -0.354 e. The molecule has 1 amide bonds. The molecule has 1 aliphatic rings. The van der Waals surface area contributed by atoms with E-state index in [1.54, 1.807) is 11.3 Å². The summed E-state index contributed by atoms with van der Waals surface area (Å²) < 4.78 is 0. The van der Waals surface area contributed by atoms with E-state index in [0.717, 1.165) is 33.9 Å². The van der Waals surface area contributed by atoms with Crippen LogP contribution in [0.4, 0.5) is 5.82 Å². The van der Waals surface area contributed by atoms with Crippen LogP contribution in [-0.4, -0.2) is 35.5 Å². The number of fused-ring (bicyclic) bond motifs is 1. The maximum Gasteiger partial charge on any atom is 0.239 e. The Labute approximate surface area is 119 Å². The van der Waals surface area contributed by atoms with E-state index in [1.807, 2.05) is 11.8 Å². The highest BCUT2D eigenvalue weighted by Gasteiger charge is 2.20. The second-order valence-electron chi connectivity index (χ2n) is 4.52. The molecule has 100 valence electrons. The second kappa shape index (κ2) is 4.94. The number of nitrogens with zero attached hydrogens (tertiary/aromatic N) is 3. The normalized spacial score (nSPS) is 16.5. The van der Waals surface area contributed by atoms with Crippen LogP contribution >= 0.6 is 22.9 Å². The summed E-state index contributed by atoms with van der Waals surface area (Å²) in [5.41, 5.74) is 0. The largest absolute Gasteiger partial charge is 0.354 e. The van der Waals surface area contributed by atoms with Crippen LogP contribution in [0.15, 0.2) is 6.07 Å². The number of hydrogen-bond donors (Lipinski definition) is 1. The first-order valence-electron chi connectivity index (χ1n) is 6.09. The summed E-state index contributed by atoms with van der Waals surface area (Å²) in [5.74, 6) is 0.781. The number of aromatic nitrogens is 2. The van der Waals surface area contributed by atoms with Gasteiger partial charge in [-0.15, -0.1) is 11.3 Å². The fourth-order valence-corrected chi connectivity index (χ4v) is 3.32. The molecule has 0 saturated carbocycles. The van der Waals surface area contributed by atoms with Crippen molar-refractivity contribution in [3.05, 3.63) is 16.2 Å². The average molecular weight is 297 g/mol. The van der Waals surface area contributed by atoms with Gasteiger partial charge < -0.3 is 10.2 Å². The molecule has 0 unspecified atom stereocenters. The smallest absolute Gasteiger partial charge is 0.239 e. The number of carbonyl (C=O) groups excluding carboxylic acids is 1. The van der Waals surface area contributed by atoms with E-state index in [0.29, 0.717) is 13.1 Å². The van der Waals surface area contributed by atoms with E-state index in [1.165, 1.54) is 0 Å². The minimum absolute atomic E-state index is 0.0207. The van der Waals surface area contributed by atoms with E-state index in [2.05, 4.69) is 21.4 Å². The van der Waals surface area contributed by atoms with Gasteiger partial charge in [0.2, 0.25) is 11.2 Å². The van der Waals surface area contributed by atoms with Crippen molar-refractivity contribution in [1.82, 2.24) is 15.3 Å². The number of halogens is 1. The predicted octanol–water partition coefficient (Wildman–Crippen LogP) is 1.98. The lowest BCUT2D eigenvalue weighted by Crippen LogP contribution is -2.33. The van der Waals surface area contributed by atoms with E-state index >= 15 is 0 Å². The fourth-order valence-electron chi connectivity index (χ4n) is 2.23. The average Bonchev–Trinajstić information content (AvgIpc) is 2.57. The number of anilines is 1. The van der Waals surface area contributed by atoms with Crippen molar-refractivity contribution in [3.8, 4) is 0 Å². The molecule has 3 rings (SSSR count). The minimum atomic E-state index is 0.0207. The van der Waals surface area contributed by atoms with Crippen molar-refractivity contribution in [2.75, 3.05) is 24.5 Å². The first-order valence-corrected chi connectivity index (χ1v) is 7.28. The molecule has 5 nitrogen and oxygen atoms in total. The van der Waals surface area contributed by atoms with Gasteiger partial charge in [-0.2, -0.15) is 4.98 Å². The number of rotatable bonds is 1. The van der Waals surface area contributed by atoms with E-state index in [9.17, 15) is 4.79 Å². The number of nitrogens with one attached hydrogen (secondary N) is 1. The van der Waals surface area contributed by atoms with Crippen molar-refractivity contribution in [2.45, 2.75) is 13.3 Å². The fraction of sp³-hybridized carbons (Fsp3) is 0.417. The van der Waals surface area contributed by atoms with Gasteiger partial charge >= 0.3 is 0 Å². The van der Waals surface area contributed by atoms with Crippen molar-refractivity contribution < 1.29 is 4.79 Å². The lowest BCUT2D eigenvalue weighted by Gasteiger charge is -2.20. The van der Waals surface area contributed by atoms with Crippen molar-refractivity contribution in [3.63, 3.8) is 0 Å². The van der Waals surface area contributed by atoms with Gasteiger partial charge in [-0.05, 0) is 31.0 Å². The summed E-state index contributed by atoms with van der Waals surface area (Å²) >= 11 is 7.57. The monoisotopic (exact) mass is 296 g/mol. The molecule has 2 aromatic heterocycles. The number of amides is 1. The van der Waals surface area contributed by atoms with Gasteiger partial charge in [0.25, 0.3) is 0 Å². The molecule has 0 aliphatic carbocycles. The van der Waals surface area contributed by atoms with Gasteiger partial charge in [0.05, 0.1) is 11.9 Å². The molecule has 1 saturated heterocycles. The van der Waals surface area contributed by atoms with Crippen LogP contribution in [0.5, 0.6) is 0 Å². The van der Waals surface area contributed by atoms with Gasteiger partial charge in [-0.1, -0.05) is 0 Å². The molecule has 2 aromatic rings. The maximum absolute atomic E-state index is 11.7. The van der Waals surface area contributed by atoms with E-state index in [-0.39, 0.29) is 11.2 Å². The molecule has 0 spiro atoms. The highest BCUT2D eigenvalue weighted by molar-refractivity contribution is 7.18. The molecule has 19 heavy (non-hydrogen) atoms. The molecular weight excluding hydrogens is 284 g/mol. The molecule has 0 atom stereocenters. The highest BCUT2D eigenvalue weighted by Crippen LogP contribution is 2.31. The molecule has 7 heteroatoms. The van der Waals surface area contributed by atoms with Gasteiger partial charge in [0, 0.05) is 18.0 Å². The van der Waals surface area contributed by atoms with Gasteiger partial charge in [-0.25, -0.2) is 4.98 Å². The van der Waals surface area contributed by atoms with Crippen LogP contribution in [0.3, 0.4) is 0 Å². The molecular formula is C12H13ClN4OS. The Bertz CT molecular complexity index is 642. The van der Waals surface area contributed by atoms with Crippen molar-refractivity contribution in [2.24, 2.45) is 0 Å². The summed E-state index contributed by atoms with van der Waals surface area (Å²) in [6.45, 7) is 3.84. The molecule has 1 N–H and O–H groups in total. The standard InChI is InChI=1S/C12H13ClN4OS/c1-7-5-8-10(15-12(13)16-11(8)19-7)17-4-2-3-14-9(18)6-17/h5H,2-4,6H2,1H3,(H,14,18). The molecule has 0 bridgehead atoms. The molecule has 0 radical (unpaired) electrons. The lowest BCUT2D eigenvalue weighted by molar-refractivity contribution is -0.119. The Balaban J connectivity index is 2.09. The van der Waals surface area contributed by atoms with Gasteiger partial charge in [0.15, 0.2) is 0 Å². The van der Waals surface area contributed by atoms with E-state index in [4.69, 9.17) is 11.6 Å². The molecule has 1 aliphatic heterocycles. The maximum atomic E-state index is 11.7. The van der Waals surface area contributed by atoms with Gasteiger partial charge in [0.1, 0.15) is 10.6 Å². The van der Waals surface area contributed by atoms with Crippen molar-refractivity contribution >= 4 is 44.9 Å². The Morgan fingerprint density at radius 1 is 1.47 bits per heavy atom. The topological polar surface area (TPSA) is 58.1 Å². The van der Waals surface area contributed by atoms with E-state index < -0.39 is 0 Å². The highest BCUT2D eigenvalue weighted by atomic mass is 35.5. The van der Waals surface area contributed by atoms with Crippen LogP contribution in [0, 0.1) is 6.92 Å². The zero-order valence-corrected chi connectivity index (χ0v) is 12.0. The molecule has 3 heterocycles. The summed E-state index contributed by atoms with van der Waals surface area (Å²) in [6.07, 6.45) is 0.901. The Hall–Kier alpha value is -1.40. The third-order valence-corrected chi connectivity index (χ3v) is 4.14. The zero-order chi connectivity index (χ0) is 13.4. The Morgan fingerprint density at radius 2 is 2.32 bits per heavy atom.